The number of amides is 2. The average molecular weight is 588 g/mol. The minimum Gasteiger partial charge on any atom is -0.454 e. The maximum Gasteiger partial charge on any atom is 0.338 e. The number of benzene rings is 2. The topological polar surface area (TPSA) is 167 Å². The first-order valence-corrected chi connectivity index (χ1v) is 13.5. The number of carbonyl (C=O) groups excluding carboxylic acids is 4. The molecule has 1 aliphatic heterocycles. The summed E-state index contributed by atoms with van der Waals surface area (Å²) in [5, 5.41) is 18.9. The van der Waals surface area contributed by atoms with Gasteiger partial charge in [-0.1, -0.05) is 49.3 Å². The molecule has 0 spiro atoms. The van der Waals surface area contributed by atoms with Crippen molar-refractivity contribution < 1.29 is 23.9 Å². The lowest BCUT2D eigenvalue weighted by molar-refractivity contribution is -0.121. The van der Waals surface area contributed by atoms with Crippen molar-refractivity contribution in [3.63, 3.8) is 0 Å². The van der Waals surface area contributed by atoms with Crippen molar-refractivity contribution in [3.05, 3.63) is 81.4 Å². The fourth-order valence-corrected chi connectivity index (χ4v) is 5.68. The van der Waals surface area contributed by atoms with Crippen LogP contribution in [0.25, 0.3) is 0 Å². The van der Waals surface area contributed by atoms with E-state index in [-0.39, 0.29) is 56.1 Å². The molecule has 206 valence electrons. The third kappa shape index (κ3) is 5.92. The van der Waals surface area contributed by atoms with Gasteiger partial charge in [0.25, 0.3) is 0 Å². The largest absolute Gasteiger partial charge is 0.454 e. The third-order valence-corrected chi connectivity index (χ3v) is 7.76. The molecule has 0 radical (unpaired) electrons. The molecule has 0 aliphatic carbocycles. The minimum atomic E-state index is -0.880. The molecule has 0 bridgehead atoms. The van der Waals surface area contributed by atoms with Crippen LogP contribution in [0.1, 0.15) is 63.6 Å². The van der Waals surface area contributed by atoms with Gasteiger partial charge in [0.2, 0.25) is 17.6 Å². The highest BCUT2D eigenvalue weighted by atomic mass is 35.5. The van der Waals surface area contributed by atoms with E-state index in [4.69, 9.17) is 22.1 Å². The van der Waals surface area contributed by atoms with Gasteiger partial charge < -0.3 is 10.5 Å². The number of ether oxygens (including phenoxy) is 1. The number of esters is 1. The van der Waals surface area contributed by atoms with Gasteiger partial charge in [-0.25, -0.2) is 14.7 Å². The van der Waals surface area contributed by atoms with Crippen molar-refractivity contribution in [2.75, 3.05) is 17.2 Å². The molecule has 2 aromatic carbocycles. The van der Waals surface area contributed by atoms with Crippen molar-refractivity contribution >= 4 is 58.4 Å². The molecule has 2 amide bonds. The van der Waals surface area contributed by atoms with Crippen molar-refractivity contribution in [2.24, 2.45) is 0 Å². The molecule has 2 N–H and O–H groups in total. The second-order valence-corrected chi connectivity index (χ2v) is 10.8. The highest BCUT2D eigenvalue weighted by molar-refractivity contribution is 8.00. The summed E-state index contributed by atoms with van der Waals surface area (Å²) in [6, 6.07) is 16.1. The first-order chi connectivity index (χ1) is 19.6. The van der Waals surface area contributed by atoms with Crippen molar-refractivity contribution in [3.8, 4) is 12.1 Å². The van der Waals surface area contributed by atoms with Crippen LogP contribution in [0.4, 0.5) is 11.5 Å². The van der Waals surface area contributed by atoms with Gasteiger partial charge in [0.15, 0.2) is 6.61 Å². The van der Waals surface area contributed by atoms with E-state index in [1.807, 2.05) is 19.9 Å². The molecule has 4 rings (SSSR count). The average Bonchev–Trinajstić information content (AvgIpc) is 3.23. The van der Waals surface area contributed by atoms with Crippen molar-refractivity contribution in [2.45, 2.75) is 36.5 Å². The smallest absolute Gasteiger partial charge is 0.338 e. The SMILES string of the molecule is CC(C)c1c(C#N)c(N)nc(SC2CC(=O)N(c3ccc(C(=O)OCC(=O)c4ccccc4Cl)cc3)C2=O)c1C#N. The summed E-state index contributed by atoms with van der Waals surface area (Å²) in [6.07, 6.45) is -0.152. The normalized spacial score (nSPS) is 14.6. The van der Waals surface area contributed by atoms with E-state index in [0.717, 1.165) is 16.7 Å². The lowest BCUT2D eigenvalue weighted by Gasteiger charge is -2.17. The maximum atomic E-state index is 13.3. The Morgan fingerprint density at radius 3 is 2.39 bits per heavy atom. The van der Waals surface area contributed by atoms with Crippen LogP contribution in [0.2, 0.25) is 5.02 Å². The number of aromatic nitrogens is 1. The Morgan fingerprint density at radius 1 is 1.12 bits per heavy atom. The standard InChI is InChI=1S/C29H22ClN5O5S/c1-15(2)25-19(12-31)26(33)34-27(20(25)13-32)41-23-11-24(37)35(28(23)38)17-9-7-16(8-10-17)29(39)40-14-22(36)18-5-3-4-6-21(18)30/h3-10,15,23H,11,14H2,1-2H3,(H2,33,34). The molecule has 41 heavy (non-hydrogen) atoms. The number of rotatable bonds is 8. The Hall–Kier alpha value is -4.71. The van der Waals surface area contributed by atoms with E-state index in [1.165, 1.54) is 30.3 Å². The summed E-state index contributed by atoms with van der Waals surface area (Å²) in [6.45, 7) is 3.11. The van der Waals surface area contributed by atoms with E-state index in [0.29, 0.717) is 5.56 Å². The summed E-state index contributed by atoms with van der Waals surface area (Å²) in [4.78, 5) is 56.1. The second-order valence-electron chi connectivity index (χ2n) is 9.25. The Bertz CT molecular complexity index is 1660. The predicted molar refractivity (Wildman–Crippen MR) is 151 cm³/mol. The summed E-state index contributed by atoms with van der Waals surface area (Å²) in [5.74, 6) is -2.49. The third-order valence-electron chi connectivity index (χ3n) is 6.26. The zero-order chi connectivity index (χ0) is 29.8. The van der Waals surface area contributed by atoms with Crippen LogP contribution in [0, 0.1) is 22.7 Å². The number of nitrogens with two attached hydrogens (primary N) is 1. The summed E-state index contributed by atoms with van der Waals surface area (Å²) >= 11 is 6.95. The molecule has 1 unspecified atom stereocenters. The van der Waals surface area contributed by atoms with Crippen LogP contribution in [-0.2, 0) is 14.3 Å². The Morgan fingerprint density at radius 2 is 1.78 bits per heavy atom. The number of ketones is 1. The number of nitrogens with zero attached hydrogens (tertiary/aromatic N) is 4. The molecule has 2 heterocycles. The van der Waals surface area contributed by atoms with Crippen molar-refractivity contribution in [1.29, 1.82) is 10.5 Å². The Labute approximate surface area is 244 Å². The number of hydrogen-bond acceptors (Lipinski definition) is 10. The van der Waals surface area contributed by atoms with Crippen LogP contribution in [0.5, 0.6) is 0 Å². The van der Waals surface area contributed by atoms with E-state index in [9.17, 15) is 29.7 Å². The first kappa shape index (κ1) is 29.3. The predicted octanol–water partition coefficient (Wildman–Crippen LogP) is 4.65. The zero-order valence-corrected chi connectivity index (χ0v) is 23.5. The lowest BCUT2D eigenvalue weighted by atomic mass is 9.94. The molecule has 0 saturated carbocycles. The van der Waals surface area contributed by atoms with Crippen LogP contribution >= 0.6 is 23.4 Å². The van der Waals surface area contributed by atoms with E-state index in [2.05, 4.69) is 11.1 Å². The van der Waals surface area contributed by atoms with Crippen LogP contribution in [-0.4, -0.2) is 40.4 Å². The molecule has 1 atom stereocenters. The van der Waals surface area contributed by atoms with Gasteiger partial charge in [0.05, 0.1) is 32.7 Å². The van der Waals surface area contributed by atoms with Gasteiger partial charge in [-0.2, -0.15) is 10.5 Å². The van der Waals surface area contributed by atoms with Gasteiger partial charge in [-0.15, -0.1) is 0 Å². The number of nitriles is 2. The molecular weight excluding hydrogens is 566 g/mol. The number of carbonyl (C=O) groups is 4. The fourth-order valence-electron chi connectivity index (χ4n) is 4.32. The van der Waals surface area contributed by atoms with Gasteiger partial charge in [0.1, 0.15) is 23.0 Å². The molecule has 1 aromatic heterocycles. The van der Waals surface area contributed by atoms with Crippen LogP contribution in [0.3, 0.4) is 0 Å². The van der Waals surface area contributed by atoms with Gasteiger partial charge in [-0.05, 0) is 47.9 Å². The molecule has 10 nitrogen and oxygen atoms in total. The Kier molecular flexibility index (Phi) is 8.72. The molecule has 1 aliphatic rings. The number of hydrogen-bond donors (Lipinski definition) is 1. The first-order valence-electron chi connectivity index (χ1n) is 12.3. The minimum absolute atomic E-state index is 0.0534. The number of halogens is 1. The highest BCUT2D eigenvalue weighted by Gasteiger charge is 2.41. The van der Waals surface area contributed by atoms with E-state index < -0.39 is 35.4 Å². The van der Waals surface area contributed by atoms with Crippen LogP contribution < -0.4 is 10.6 Å². The molecule has 1 saturated heterocycles. The van der Waals surface area contributed by atoms with Crippen LogP contribution in [0.15, 0.2) is 53.6 Å². The number of anilines is 2. The van der Waals surface area contributed by atoms with E-state index >= 15 is 0 Å². The number of thioether (sulfide) groups is 1. The number of imide groups is 1. The summed E-state index contributed by atoms with van der Waals surface area (Å²) in [5.41, 5.74) is 7.26. The zero-order valence-electron chi connectivity index (χ0n) is 21.9. The molecule has 1 fully saturated rings. The fraction of sp³-hybridized carbons (Fsp3) is 0.207. The highest BCUT2D eigenvalue weighted by Crippen LogP contribution is 2.38. The van der Waals surface area contributed by atoms with E-state index in [1.54, 1.807) is 18.2 Å². The van der Waals surface area contributed by atoms with Gasteiger partial charge >= 0.3 is 5.97 Å². The summed E-state index contributed by atoms with van der Waals surface area (Å²) in [7, 11) is 0. The second kappa shape index (κ2) is 12.2. The van der Waals surface area contributed by atoms with Gasteiger partial charge in [0, 0.05) is 12.0 Å². The molecule has 12 heteroatoms. The molecule has 3 aromatic rings. The van der Waals surface area contributed by atoms with Crippen molar-refractivity contribution in [1.82, 2.24) is 4.98 Å². The quantitative estimate of drug-likeness (QED) is 0.222. The number of pyridine rings is 1. The summed E-state index contributed by atoms with van der Waals surface area (Å²) < 4.78 is 5.10. The monoisotopic (exact) mass is 587 g/mol. The number of Topliss-reactive ketones (excluding diaryl/α,β-unsaturated/α-hetero) is 1. The maximum absolute atomic E-state index is 13.3. The van der Waals surface area contributed by atoms with Gasteiger partial charge in [-0.3, -0.25) is 14.4 Å². The Balaban J connectivity index is 1.48. The lowest BCUT2D eigenvalue weighted by Crippen LogP contribution is -2.31. The number of nitrogen functional groups attached to an aromatic ring is 1. The molecular formula is C29H22ClN5O5S.